The third-order valence-corrected chi connectivity index (χ3v) is 3.37. The van der Waals surface area contributed by atoms with Crippen LogP contribution in [0.15, 0.2) is 6.33 Å². The Bertz CT molecular complexity index is 511. The number of nitrogens with one attached hydrogen (secondary N) is 2. The first-order valence-corrected chi connectivity index (χ1v) is 6.65. The SMILES string of the molecule is CC(C(=O)Nc1nc[nH]c1C#N)N1C[C@@H](C)O[C@@H](C)C1. The fourth-order valence-corrected chi connectivity index (χ4v) is 2.40. The molecule has 1 amide bonds. The van der Waals surface area contributed by atoms with E-state index in [0.29, 0.717) is 13.1 Å². The zero-order valence-corrected chi connectivity index (χ0v) is 11.9. The summed E-state index contributed by atoms with van der Waals surface area (Å²) < 4.78 is 5.65. The molecular formula is C13H19N5O2. The van der Waals surface area contributed by atoms with E-state index >= 15 is 0 Å². The highest BCUT2D eigenvalue weighted by atomic mass is 16.5. The summed E-state index contributed by atoms with van der Waals surface area (Å²) >= 11 is 0. The van der Waals surface area contributed by atoms with Gasteiger partial charge in [0.1, 0.15) is 6.07 Å². The van der Waals surface area contributed by atoms with Gasteiger partial charge in [0, 0.05) is 13.1 Å². The summed E-state index contributed by atoms with van der Waals surface area (Å²) in [6.07, 6.45) is 1.60. The molecule has 1 aliphatic heterocycles. The smallest absolute Gasteiger partial charge is 0.242 e. The summed E-state index contributed by atoms with van der Waals surface area (Å²) in [6, 6.07) is 1.65. The van der Waals surface area contributed by atoms with E-state index in [1.165, 1.54) is 6.33 Å². The van der Waals surface area contributed by atoms with Gasteiger partial charge in [-0.05, 0) is 20.8 Å². The summed E-state index contributed by atoms with van der Waals surface area (Å²) in [4.78, 5) is 20.9. The predicted octanol–water partition coefficient (Wildman–Crippen LogP) is 0.718. The van der Waals surface area contributed by atoms with Crippen LogP contribution in [0.1, 0.15) is 26.5 Å². The quantitative estimate of drug-likeness (QED) is 0.849. The highest BCUT2D eigenvalue weighted by molar-refractivity contribution is 5.94. The average Bonchev–Trinajstić information content (AvgIpc) is 2.83. The molecule has 0 spiro atoms. The van der Waals surface area contributed by atoms with Crippen LogP contribution in [0.5, 0.6) is 0 Å². The van der Waals surface area contributed by atoms with Crippen molar-refractivity contribution >= 4 is 11.7 Å². The van der Waals surface area contributed by atoms with Crippen LogP contribution in [0, 0.1) is 11.3 Å². The normalized spacial score (nSPS) is 24.9. The van der Waals surface area contributed by atoms with Gasteiger partial charge in [0.05, 0.1) is 24.6 Å². The molecule has 0 radical (unpaired) electrons. The van der Waals surface area contributed by atoms with E-state index in [0.717, 1.165) is 0 Å². The molecule has 1 aliphatic rings. The highest BCUT2D eigenvalue weighted by Gasteiger charge is 2.29. The second kappa shape index (κ2) is 6.03. The van der Waals surface area contributed by atoms with E-state index in [4.69, 9.17) is 10.00 Å². The van der Waals surface area contributed by atoms with Crippen LogP contribution in [0.4, 0.5) is 5.82 Å². The van der Waals surface area contributed by atoms with Crippen molar-refractivity contribution < 1.29 is 9.53 Å². The number of amides is 1. The molecule has 2 heterocycles. The van der Waals surface area contributed by atoms with Crippen LogP contribution in [0.25, 0.3) is 0 Å². The molecule has 0 aliphatic carbocycles. The van der Waals surface area contributed by atoms with Gasteiger partial charge in [-0.15, -0.1) is 0 Å². The molecule has 2 rings (SSSR count). The molecule has 1 unspecified atom stereocenters. The summed E-state index contributed by atoms with van der Waals surface area (Å²) in [5, 5.41) is 11.6. The molecule has 0 bridgehead atoms. The minimum absolute atomic E-state index is 0.106. The number of H-pyrrole nitrogens is 1. The van der Waals surface area contributed by atoms with Crippen molar-refractivity contribution in [3.63, 3.8) is 0 Å². The van der Waals surface area contributed by atoms with E-state index in [1.807, 2.05) is 26.8 Å². The number of nitriles is 1. The minimum Gasteiger partial charge on any atom is -0.373 e. The number of morpholine rings is 1. The third kappa shape index (κ3) is 3.15. The Morgan fingerprint density at radius 2 is 2.25 bits per heavy atom. The van der Waals surface area contributed by atoms with Crippen molar-refractivity contribution in [3.8, 4) is 6.07 Å². The van der Waals surface area contributed by atoms with Gasteiger partial charge in [-0.3, -0.25) is 9.69 Å². The van der Waals surface area contributed by atoms with Gasteiger partial charge in [-0.2, -0.15) is 5.26 Å². The van der Waals surface area contributed by atoms with Crippen molar-refractivity contribution in [1.82, 2.24) is 14.9 Å². The zero-order valence-electron chi connectivity index (χ0n) is 11.9. The third-order valence-electron chi connectivity index (χ3n) is 3.37. The van der Waals surface area contributed by atoms with Crippen LogP contribution < -0.4 is 5.32 Å². The number of ether oxygens (including phenoxy) is 1. The Balaban J connectivity index is 2.00. The first-order chi connectivity index (χ1) is 9.51. The standard InChI is InChI=1S/C13H19N5O2/c1-8-5-18(6-9(2)20-8)10(3)13(19)17-12-11(4-14)15-7-16-12/h7-10H,5-6H2,1-3H3,(H,15,16)(H,17,19)/t8-,9+,10?. The summed E-state index contributed by atoms with van der Waals surface area (Å²) in [5.41, 5.74) is 0.259. The van der Waals surface area contributed by atoms with Gasteiger partial charge in [0.2, 0.25) is 5.91 Å². The fourth-order valence-electron chi connectivity index (χ4n) is 2.40. The predicted molar refractivity (Wildman–Crippen MR) is 73.0 cm³/mol. The van der Waals surface area contributed by atoms with E-state index in [2.05, 4.69) is 20.2 Å². The maximum absolute atomic E-state index is 12.2. The number of hydrogen-bond acceptors (Lipinski definition) is 5. The highest BCUT2D eigenvalue weighted by Crippen LogP contribution is 2.15. The minimum atomic E-state index is -0.299. The number of imidazole rings is 1. The lowest BCUT2D eigenvalue weighted by Gasteiger charge is -2.38. The Morgan fingerprint density at radius 1 is 1.60 bits per heavy atom. The first-order valence-electron chi connectivity index (χ1n) is 6.65. The lowest BCUT2D eigenvalue weighted by Crippen LogP contribution is -2.52. The van der Waals surface area contributed by atoms with Gasteiger partial charge >= 0.3 is 0 Å². The van der Waals surface area contributed by atoms with Crippen LogP contribution in [-0.2, 0) is 9.53 Å². The number of carbonyl (C=O) groups excluding carboxylic acids is 1. The van der Waals surface area contributed by atoms with Crippen LogP contribution in [0.3, 0.4) is 0 Å². The van der Waals surface area contributed by atoms with Crippen molar-refractivity contribution in [1.29, 1.82) is 5.26 Å². The van der Waals surface area contributed by atoms with Crippen molar-refractivity contribution in [2.75, 3.05) is 18.4 Å². The Morgan fingerprint density at radius 3 is 2.85 bits per heavy atom. The topological polar surface area (TPSA) is 94.0 Å². The van der Waals surface area contributed by atoms with E-state index in [1.54, 1.807) is 0 Å². The van der Waals surface area contributed by atoms with Gasteiger partial charge in [0.25, 0.3) is 0 Å². The van der Waals surface area contributed by atoms with Gasteiger partial charge < -0.3 is 15.0 Å². The first kappa shape index (κ1) is 14.5. The number of hydrogen-bond donors (Lipinski definition) is 2. The number of anilines is 1. The lowest BCUT2D eigenvalue weighted by molar-refractivity contribution is -0.126. The lowest BCUT2D eigenvalue weighted by atomic mass is 10.1. The molecule has 108 valence electrons. The monoisotopic (exact) mass is 277 g/mol. The van der Waals surface area contributed by atoms with Gasteiger partial charge in [0.15, 0.2) is 11.5 Å². The Kier molecular flexibility index (Phi) is 4.37. The Labute approximate surface area is 117 Å². The van der Waals surface area contributed by atoms with E-state index in [-0.39, 0.29) is 35.7 Å². The van der Waals surface area contributed by atoms with Crippen molar-refractivity contribution in [2.45, 2.75) is 39.0 Å². The van der Waals surface area contributed by atoms with Gasteiger partial charge in [-0.25, -0.2) is 4.98 Å². The van der Waals surface area contributed by atoms with Crippen molar-refractivity contribution in [3.05, 3.63) is 12.0 Å². The van der Waals surface area contributed by atoms with E-state index < -0.39 is 0 Å². The molecular weight excluding hydrogens is 258 g/mol. The number of aromatic nitrogens is 2. The fraction of sp³-hybridized carbons (Fsp3) is 0.615. The molecule has 1 saturated heterocycles. The molecule has 7 nitrogen and oxygen atoms in total. The second-order valence-corrected chi connectivity index (χ2v) is 5.11. The molecule has 1 fully saturated rings. The largest absolute Gasteiger partial charge is 0.373 e. The molecule has 1 aromatic rings. The number of nitrogens with zero attached hydrogens (tertiary/aromatic N) is 3. The maximum atomic E-state index is 12.2. The van der Waals surface area contributed by atoms with E-state index in [9.17, 15) is 4.79 Å². The summed E-state index contributed by atoms with van der Waals surface area (Å²) in [5.74, 6) is 0.105. The molecule has 1 aromatic heterocycles. The number of aromatic amines is 1. The van der Waals surface area contributed by atoms with Crippen molar-refractivity contribution in [2.24, 2.45) is 0 Å². The van der Waals surface area contributed by atoms with Crippen LogP contribution in [0.2, 0.25) is 0 Å². The molecule has 0 aromatic carbocycles. The molecule has 7 heteroatoms. The number of rotatable bonds is 3. The molecule has 2 N–H and O–H groups in total. The van der Waals surface area contributed by atoms with Gasteiger partial charge in [-0.1, -0.05) is 0 Å². The Hall–Kier alpha value is -1.91. The number of carbonyl (C=O) groups is 1. The molecule has 3 atom stereocenters. The average molecular weight is 277 g/mol. The molecule has 20 heavy (non-hydrogen) atoms. The van der Waals surface area contributed by atoms with Crippen LogP contribution in [-0.4, -0.2) is 52.1 Å². The maximum Gasteiger partial charge on any atom is 0.242 e. The summed E-state index contributed by atoms with van der Waals surface area (Å²) in [7, 11) is 0. The summed E-state index contributed by atoms with van der Waals surface area (Å²) in [6.45, 7) is 7.26. The van der Waals surface area contributed by atoms with Crippen LogP contribution >= 0.6 is 0 Å². The molecule has 0 saturated carbocycles. The zero-order chi connectivity index (χ0) is 14.7. The second-order valence-electron chi connectivity index (χ2n) is 5.11.